The third kappa shape index (κ3) is 23.3. The van der Waals surface area contributed by atoms with Gasteiger partial charge in [0.25, 0.3) is 0 Å². The van der Waals surface area contributed by atoms with Crippen molar-refractivity contribution in [3.63, 3.8) is 0 Å². The van der Waals surface area contributed by atoms with Crippen LogP contribution in [-0.2, 0) is 0 Å². The first-order chi connectivity index (χ1) is 7.54. The molecule has 0 fully saturated rings. The van der Waals surface area contributed by atoms with Gasteiger partial charge in [0, 0.05) is 0 Å². The lowest BCUT2D eigenvalue weighted by Crippen LogP contribution is -1.81. The van der Waals surface area contributed by atoms with E-state index in [0.29, 0.717) is 11.8 Å². The molecule has 0 aromatic rings. The Hall–Kier alpha value is -0.600. The first kappa shape index (κ1) is 17.8. The maximum absolute atomic E-state index is 8.29. The molecule has 2 nitrogen and oxygen atoms in total. The first-order valence-corrected chi connectivity index (χ1v) is 6.06. The number of allylic oxidation sites excluding steroid dienone is 2. The van der Waals surface area contributed by atoms with Crippen molar-refractivity contribution in [1.82, 2.24) is 0 Å². The van der Waals surface area contributed by atoms with E-state index in [-0.39, 0.29) is 13.2 Å². The molecule has 0 aromatic heterocycles. The highest BCUT2D eigenvalue weighted by molar-refractivity contribution is 4.81. The predicted molar refractivity (Wildman–Crippen MR) is 71.4 cm³/mol. The summed E-state index contributed by atoms with van der Waals surface area (Å²) in [4.78, 5) is 0. The Morgan fingerprint density at radius 1 is 0.688 bits per heavy atom. The normalized spacial score (nSPS) is 11.5. The van der Waals surface area contributed by atoms with Crippen LogP contribution >= 0.6 is 0 Å². The Morgan fingerprint density at radius 3 is 1.19 bits per heavy atom. The summed E-state index contributed by atoms with van der Waals surface area (Å²) in [5, 5.41) is 16.6. The van der Waals surface area contributed by atoms with Gasteiger partial charge in [0.05, 0.1) is 13.2 Å². The second kappa shape index (κ2) is 14.4. The summed E-state index contributed by atoms with van der Waals surface area (Å²) in [7, 11) is 0. The van der Waals surface area contributed by atoms with Crippen LogP contribution in [0.5, 0.6) is 0 Å². The highest BCUT2D eigenvalue weighted by Gasteiger charge is 1.85. The van der Waals surface area contributed by atoms with Gasteiger partial charge in [-0.25, -0.2) is 0 Å². The van der Waals surface area contributed by atoms with Crippen molar-refractivity contribution in [1.29, 1.82) is 0 Å². The number of aliphatic hydroxyl groups is 2. The van der Waals surface area contributed by atoms with Gasteiger partial charge in [-0.15, -0.1) is 0 Å². The summed E-state index contributed by atoms with van der Waals surface area (Å²) in [5.41, 5.74) is 0. The monoisotopic (exact) mass is 228 g/mol. The van der Waals surface area contributed by atoms with Gasteiger partial charge in [-0.1, -0.05) is 52.0 Å². The molecule has 96 valence electrons. The van der Waals surface area contributed by atoms with E-state index in [0.717, 1.165) is 12.8 Å². The Labute approximate surface area is 101 Å². The van der Waals surface area contributed by atoms with Crippen LogP contribution in [0.2, 0.25) is 0 Å². The van der Waals surface area contributed by atoms with Gasteiger partial charge in [0.15, 0.2) is 0 Å². The molecule has 0 heterocycles. The molecule has 0 aliphatic rings. The average molecular weight is 228 g/mol. The maximum atomic E-state index is 8.29. The van der Waals surface area contributed by atoms with Gasteiger partial charge in [-0.05, 0) is 24.7 Å². The molecule has 0 aliphatic heterocycles. The molecular weight excluding hydrogens is 200 g/mol. The lowest BCUT2D eigenvalue weighted by atomic mass is 10.1. The van der Waals surface area contributed by atoms with E-state index in [4.69, 9.17) is 10.2 Å². The van der Waals surface area contributed by atoms with Gasteiger partial charge < -0.3 is 10.2 Å². The van der Waals surface area contributed by atoms with Crippen molar-refractivity contribution < 1.29 is 10.2 Å². The summed E-state index contributed by atoms with van der Waals surface area (Å²) < 4.78 is 0. The highest BCUT2D eigenvalue weighted by Crippen LogP contribution is 1.99. The van der Waals surface area contributed by atoms with E-state index >= 15 is 0 Å². The number of aliphatic hydroxyl groups excluding tert-OH is 2. The molecule has 0 bridgehead atoms. The zero-order valence-electron chi connectivity index (χ0n) is 11.2. The van der Waals surface area contributed by atoms with Crippen molar-refractivity contribution >= 4 is 0 Å². The van der Waals surface area contributed by atoms with Crippen molar-refractivity contribution in [2.75, 3.05) is 13.2 Å². The topological polar surface area (TPSA) is 40.5 Å². The lowest BCUT2D eigenvalue weighted by molar-refractivity contribution is 0.342. The minimum atomic E-state index is 0.173. The maximum Gasteiger partial charge on any atom is 0.0612 e. The molecule has 0 rings (SSSR count). The molecular formula is C14H28O2. The number of hydrogen-bond acceptors (Lipinski definition) is 2. The minimum Gasteiger partial charge on any atom is -0.392 e. The Morgan fingerprint density at radius 2 is 1.00 bits per heavy atom. The van der Waals surface area contributed by atoms with Gasteiger partial charge in [0.2, 0.25) is 0 Å². The Balaban J connectivity index is 0. The van der Waals surface area contributed by atoms with Crippen LogP contribution in [0.25, 0.3) is 0 Å². The minimum absolute atomic E-state index is 0.173. The van der Waals surface area contributed by atoms with Gasteiger partial charge in [-0.3, -0.25) is 0 Å². The van der Waals surface area contributed by atoms with Crippen LogP contribution in [0.4, 0.5) is 0 Å². The molecule has 0 saturated carbocycles. The smallest absolute Gasteiger partial charge is 0.0612 e. The Kier molecular flexibility index (Phi) is 16.0. The predicted octanol–water partition coefficient (Wildman–Crippen LogP) is 3.16. The summed E-state index contributed by atoms with van der Waals surface area (Å²) in [5.74, 6) is 1.41. The molecule has 2 heteroatoms. The zero-order chi connectivity index (χ0) is 12.8. The van der Waals surface area contributed by atoms with E-state index in [1.165, 1.54) is 0 Å². The van der Waals surface area contributed by atoms with E-state index < -0.39 is 0 Å². The largest absolute Gasteiger partial charge is 0.392 e. The molecule has 0 aromatic carbocycles. The fourth-order valence-electron chi connectivity index (χ4n) is 0.886. The van der Waals surface area contributed by atoms with Crippen LogP contribution in [0.3, 0.4) is 0 Å². The molecule has 0 amide bonds. The molecule has 16 heavy (non-hydrogen) atoms. The van der Waals surface area contributed by atoms with Gasteiger partial charge in [0.1, 0.15) is 0 Å². The molecule has 0 unspecified atom stereocenters. The number of rotatable bonds is 6. The highest BCUT2D eigenvalue weighted by atomic mass is 16.3. The fraction of sp³-hybridized carbons (Fsp3) is 0.714. The lowest BCUT2D eigenvalue weighted by Gasteiger charge is -1.94. The zero-order valence-corrected chi connectivity index (χ0v) is 11.2. The van der Waals surface area contributed by atoms with Crippen molar-refractivity contribution in [3.8, 4) is 0 Å². The van der Waals surface area contributed by atoms with Crippen molar-refractivity contribution in [2.24, 2.45) is 11.8 Å². The molecule has 2 N–H and O–H groups in total. The molecule has 0 aliphatic carbocycles. The van der Waals surface area contributed by atoms with Crippen LogP contribution in [0.15, 0.2) is 24.3 Å². The molecule has 0 atom stereocenters. The average Bonchev–Trinajstić information content (AvgIpc) is 2.18. The van der Waals surface area contributed by atoms with Gasteiger partial charge in [-0.2, -0.15) is 0 Å². The summed E-state index contributed by atoms with van der Waals surface area (Å²) in [6, 6.07) is 0. The van der Waals surface area contributed by atoms with E-state index in [1.807, 2.05) is 12.2 Å². The SMILES string of the molecule is CC(C)CC=CCO.CC(C)CC=CCO. The quantitative estimate of drug-likeness (QED) is 0.686. The third-order valence-corrected chi connectivity index (χ3v) is 1.76. The Bertz CT molecular complexity index is 150. The summed E-state index contributed by atoms with van der Waals surface area (Å²) >= 11 is 0. The van der Waals surface area contributed by atoms with E-state index in [1.54, 1.807) is 12.2 Å². The van der Waals surface area contributed by atoms with Crippen LogP contribution in [0, 0.1) is 11.8 Å². The second-order valence-corrected chi connectivity index (χ2v) is 4.57. The summed E-state index contributed by atoms with van der Waals surface area (Å²) in [6.45, 7) is 8.96. The molecule has 0 saturated heterocycles. The molecule has 0 radical (unpaired) electrons. The van der Waals surface area contributed by atoms with E-state index in [9.17, 15) is 0 Å². The third-order valence-electron chi connectivity index (χ3n) is 1.76. The second-order valence-electron chi connectivity index (χ2n) is 4.57. The first-order valence-electron chi connectivity index (χ1n) is 6.06. The van der Waals surface area contributed by atoms with Crippen molar-refractivity contribution in [2.45, 2.75) is 40.5 Å². The van der Waals surface area contributed by atoms with Gasteiger partial charge >= 0.3 is 0 Å². The fourth-order valence-corrected chi connectivity index (χ4v) is 0.886. The van der Waals surface area contributed by atoms with E-state index in [2.05, 4.69) is 27.7 Å². The van der Waals surface area contributed by atoms with Crippen molar-refractivity contribution in [3.05, 3.63) is 24.3 Å². The standard InChI is InChI=1S/2C7H14O/c2*1-7(2)5-3-4-6-8/h2*3-4,7-8H,5-6H2,1-2H3. The van der Waals surface area contributed by atoms with Crippen LogP contribution in [0.1, 0.15) is 40.5 Å². The van der Waals surface area contributed by atoms with Crippen LogP contribution in [-0.4, -0.2) is 23.4 Å². The van der Waals surface area contributed by atoms with Crippen LogP contribution < -0.4 is 0 Å². The number of hydrogen-bond donors (Lipinski definition) is 2. The molecule has 0 spiro atoms. The summed E-state index contributed by atoms with van der Waals surface area (Å²) in [6.07, 6.45) is 9.70.